The number of hydrogen-bond donors (Lipinski definition) is 1. The van der Waals surface area contributed by atoms with E-state index < -0.39 is 0 Å². The molecule has 0 saturated heterocycles. The van der Waals surface area contributed by atoms with Crippen LogP contribution in [0.5, 0.6) is 0 Å². The summed E-state index contributed by atoms with van der Waals surface area (Å²) in [6.07, 6.45) is 0. The fraction of sp³-hybridized carbons (Fsp3) is 0.235. The van der Waals surface area contributed by atoms with Crippen LogP contribution in [0.4, 0.5) is 5.82 Å². The summed E-state index contributed by atoms with van der Waals surface area (Å²) in [4.78, 5) is 12.0. The maximum absolute atomic E-state index is 12.0. The molecule has 0 spiro atoms. The normalized spacial score (nSPS) is 10.7. The van der Waals surface area contributed by atoms with Gasteiger partial charge in [-0.1, -0.05) is 35.5 Å². The van der Waals surface area contributed by atoms with Gasteiger partial charge in [0, 0.05) is 18.2 Å². The Morgan fingerprint density at radius 2 is 1.91 bits per heavy atom. The fourth-order valence-electron chi connectivity index (χ4n) is 2.35. The molecule has 0 atom stereocenters. The van der Waals surface area contributed by atoms with Crippen molar-refractivity contribution in [2.45, 2.75) is 26.9 Å². The van der Waals surface area contributed by atoms with Gasteiger partial charge in [-0.15, -0.1) is 0 Å². The second-order valence-corrected chi connectivity index (χ2v) is 5.36. The average Bonchev–Trinajstić information content (AvgIpc) is 2.88. The number of nitrogens with one attached hydrogen (secondary N) is 1. The van der Waals surface area contributed by atoms with Crippen molar-refractivity contribution >= 4 is 5.82 Å². The molecule has 0 saturated carbocycles. The van der Waals surface area contributed by atoms with Crippen LogP contribution >= 0.6 is 0 Å². The Labute approximate surface area is 133 Å². The minimum atomic E-state index is -0.128. The first-order chi connectivity index (χ1) is 11.1. The highest BCUT2D eigenvalue weighted by atomic mass is 16.5. The molecule has 1 N–H and O–H groups in total. The molecule has 3 rings (SSSR count). The zero-order valence-electron chi connectivity index (χ0n) is 13.1. The second-order valence-electron chi connectivity index (χ2n) is 5.36. The molecular weight excluding hydrogens is 292 g/mol. The first-order valence-corrected chi connectivity index (χ1v) is 7.41. The van der Waals surface area contributed by atoms with Crippen molar-refractivity contribution in [3.8, 4) is 0 Å². The maximum atomic E-state index is 12.0. The van der Waals surface area contributed by atoms with E-state index in [0.717, 1.165) is 22.6 Å². The number of aromatic nitrogens is 3. The van der Waals surface area contributed by atoms with Crippen LogP contribution < -0.4 is 10.9 Å². The van der Waals surface area contributed by atoms with Crippen molar-refractivity contribution in [3.05, 3.63) is 75.4 Å². The van der Waals surface area contributed by atoms with Gasteiger partial charge in [-0.2, -0.15) is 5.10 Å². The van der Waals surface area contributed by atoms with Crippen LogP contribution in [-0.4, -0.2) is 14.9 Å². The lowest BCUT2D eigenvalue weighted by molar-refractivity contribution is 0.392. The van der Waals surface area contributed by atoms with Gasteiger partial charge in [0.1, 0.15) is 11.6 Å². The molecule has 0 bridgehead atoms. The van der Waals surface area contributed by atoms with Crippen molar-refractivity contribution in [2.75, 3.05) is 5.32 Å². The third-order valence-corrected chi connectivity index (χ3v) is 3.67. The van der Waals surface area contributed by atoms with Crippen LogP contribution in [0.25, 0.3) is 0 Å². The van der Waals surface area contributed by atoms with E-state index in [2.05, 4.69) is 15.6 Å². The summed E-state index contributed by atoms with van der Waals surface area (Å²) < 4.78 is 6.59. The SMILES string of the molecule is Cc1noc(C)c1CNc1ccc(=O)n(Cc2ccccc2)n1. The number of nitrogens with zero attached hydrogens (tertiary/aromatic N) is 3. The lowest BCUT2D eigenvalue weighted by Crippen LogP contribution is -2.23. The summed E-state index contributed by atoms with van der Waals surface area (Å²) >= 11 is 0. The highest BCUT2D eigenvalue weighted by molar-refractivity contribution is 5.35. The molecule has 118 valence electrons. The van der Waals surface area contributed by atoms with Crippen molar-refractivity contribution in [1.82, 2.24) is 14.9 Å². The van der Waals surface area contributed by atoms with E-state index in [-0.39, 0.29) is 5.56 Å². The van der Waals surface area contributed by atoms with E-state index in [4.69, 9.17) is 4.52 Å². The summed E-state index contributed by atoms with van der Waals surface area (Å²) in [6, 6.07) is 13.0. The van der Waals surface area contributed by atoms with Gasteiger partial charge in [-0.25, -0.2) is 4.68 Å². The van der Waals surface area contributed by atoms with Gasteiger partial charge in [-0.05, 0) is 25.5 Å². The third kappa shape index (κ3) is 3.48. The van der Waals surface area contributed by atoms with Crippen LogP contribution in [0.3, 0.4) is 0 Å². The minimum absolute atomic E-state index is 0.128. The number of anilines is 1. The average molecular weight is 310 g/mol. The minimum Gasteiger partial charge on any atom is -0.364 e. The van der Waals surface area contributed by atoms with Gasteiger partial charge < -0.3 is 9.84 Å². The van der Waals surface area contributed by atoms with Crippen LogP contribution in [0.2, 0.25) is 0 Å². The van der Waals surface area contributed by atoms with E-state index in [0.29, 0.717) is 18.9 Å². The molecule has 0 fully saturated rings. The molecule has 23 heavy (non-hydrogen) atoms. The predicted molar refractivity (Wildman–Crippen MR) is 87.3 cm³/mol. The number of hydrogen-bond acceptors (Lipinski definition) is 5. The molecule has 6 heteroatoms. The molecule has 0 aliphatic rings. The largest absolute Gasteiger partial charge is 0.364 e. The van der Waals surface area contributed by atoms with Gasteiger partial charge >= 0.3 is 0 Å². The maximum Gasteiger partial charge on any atom is 0.267 e. The van der Waals surface area contributed by atoms with Crippen LogP contribution in [0.1, 0.15) is 22.6 Å². The van der Waals surface area contributed by atoms with Gasteiger partial charge in [0.2, 0.25) is 0 Å². The molecule has 0 unspecified atom stereocenters. The summed E-state index contributed by atoms with van der Waals surface area (Å²) in [6.45, 7) is 4.77. The highest BCUT2D eigenvalue weighted by Gasteiger charge is 2.09. The fourth-order valence-corrected chi connectivity index (χ4v) is 2.35. The Morgan fingerprint density at radius 1 is 1.13 bits per heavy atom. The Morgan fingerprint density at radius 3 is 2.61 bits per heavy atom. The van der Waals surface area contributed by atoms with E-state index in [1.165, 1.54) is 10.7 Å². The smallest absolute Gasteiger partial charge is 0.267 e. The molecule has 0 amide bonds. The first-order valence-electron chi connectivity index (χ1n) is 7.41. The van der Waals surface area contributed by atoms with E-state index in [9.17, 15) is 4.79 Å². The lowest BCUT2D eigenvalue weighted by Gasteiger charge is -2.09. The molecule has 2 heterocycles. The Kier molecular flexibility index (Phi) is 4.23. The van der Waals surface area contributed by atoms with Crippen molar-refractivity contribution in [3.63, 3.8) is 0 Å². The molecule has 0 aliphatic heterocycles. The van der Waals surface area contributed by atoms with E-state index in [1.54, 1.807) is 6.07 Å². The molecular formula is C17H18N4O2. The predicted octanol–water partition coefficient (Wildman–Crippen LogP) is 2.51. The van der Waals surface area contributed by atoms with Crippen LogP contribution in [-0.2, 0) is 13.1 Å². The molecule has 3 aromatic rings. The van der Waals surface area contributed by atoms with Gasteiger partial charge in [0.25, 0.3) is 5.56 Å². The quantitative estimate of drug-likeness (QED) is 0.784. The van der Waals surface area contributed by atoms with Crippen molar-refractivity contribution < 1.29 is 4.52 Å². The number of benzene rings is 1. The monoisotopic (exact) mass is 310 g/mol. The summed E-state index contributed by atoms with van der Waals surface area (Å²) in [7, 11) is 0. The highest BCUT2D eigenvalue weighted by Crippen LogP contribution is 2.13. The third-order valence-electron chi connectivity index (χ3n) is 3.67. The van der Waals surface area contributed by atoms with Crippen molar-refractivity contribution in [1.29, 1.82) is 0 Å². The first kappa shape index (κ1) is 15.0. The topological polar surface area (TPSA) is 73.0 Å². The van der Waals surface area contributed by atoms with Crippen LogP contribution in [0, 0.1) is 13.8 Å². The Hall–Kier alpha value is -2.89. The number of rotatable bonds is 5. The second kappa shape index (κ2) is 6.48. The van der Waals surface area contributed by atoms with Gasteiger partial charge in [0.05, 0.1) is 12.2 Å². The molecule has 1 aromatic carbocycles. The molecule has 0 radical (unpaired) electrons. The van der Waals surface area contributed by atoms with E-state index >= 15 is 0 Å². The lowest BCUT2D eigenvalue weighted by atomic mass is 10.2. The Balaban J connectivity index is 1.76. The zero-order valence-corrected chi connectivity index (χ0v) is 13.1. The summed E-state index contributed by atoms with van der Waals surface area (Å²) in [5.41, 5.74) is 2.77. The summed E-state index contributed by atoms with van der Waals surface area (Å²) in [5, 5.41) is 11.5. The summed E-state index contributed by atoms with van der Waals surface area (Å²) in [5.74, 6) is 1.42. The Bertz CT molecular complexity index is 833. The van der Waals surface area contributed by atoms with Gasteiger partial charge in [0.15, 0.2) is 0 Å². The van der Waals surface area contributed by atoms with Gasteiger partial charge in [-0.3, -0.25) is 4.79 Å². The molecule has 0 aliphatic carbocycles. The molecule has 2 aromatic heterocycles. The molecule has 6 nitrogen and oxygen atoms in total. The van der Waals surface area contributed by atoms with E-state index in [1.807, 2.05) is 44.2 Å². The number of aryl methyl sites for hydroxylation is 2. The van der Waals surface area contributed by atoms with Crippen LogP contribution in [0.15, 0.2) is 51.8 Å². The van der Waals surface area contributed by atoms with Crippen molar-refractivity contribution in [2.24, 2.45) is 0 Å². The standard InChI is InChI=1S/C17H18N4O2/c1-12-15(13(2)23-20-12)10-18-16-8-9-17(22)21(19-16)11-14-6-4-3-5-7-14/h3-9H,10-11H2,1-2H3,(H,18,19). The zero-order chi connectivity index (χ0) is 16.2.